The lowest BCUT2D eigenvalue weighted by molar-refractivity contribution is -0.147. The molecule has 0 heterocycles. The van der Waals surface area contributed by atoms with E-state index in [4.69, 9.17) is 15.9 Å². The molecule has 0 aliphatic carbocycles. The number of carboxylic acid groups (broad SMARTS) is 3. The normalized spacial score (nSPS) is 14.3. The molecule has 0 aliphatic rings. The van der Waals surface area contributed by atoms with Crippen LogP contribution < -0.4 is 27.0 Å². The maximum absolute atomic E-state index is 13.7. The standard InChI is InChI=1S/C33H45N5O10/c1-17(2)13-23(36-32(46)28(18(3)4)38-29(43)22(34)11-12-26(39)40)30(44)35-24(31(45)37-25(33(47)48)16-27(41)42)15-19-9-10-20-7-5-6-8-21(20)14-19/h5-10,14,17-18,22-25,28H,11-13,15-16,34H2,1-4H3,(H,35,44)(H,36,46)(H,37,45)(H,38,43)(H,39,40)(H,41,42)(H,47,48)/t22-,23-,24-,25-,28-/m0/s1. The van der Waals surface area contributed by atoms with Crippen molar-refractivity contribution in [2.75, 3.05) is 0 Å². The van der Waals surface area contributed by atoms with Gasteiger partial charge in [-0.2, -0.15) is 0 Å². The second-order valence-corrected chi connectivity index (χ2v) is 12.4. The Morgan fingerprint density at radius 1 is 0.688 bits per heavy atom. The third-order valence-electron chi connectivity index (χ3n) is 7.47. The number of aliphatic carboxylic acids is 3. The van der Waals surface area contributed by atoms with E-state index in [0.29, 0.717) is 5.56 Å². The Morgan fingerprint density at radius 2 is 1.27 bits per heavy atom. The van der Waals surface area contributed by atoms with E-state index in [1.54, 1.807) is 39.8 Å². The van der Waals surface area contributed by atoms with Gasteiger partial charge in [0.15, 0.2) is 0 Å². The molecule has 0 saturated carbocycles. The van der Waals surface area contributed by atoms with Crippen molar-refractivity contribution in [3.63, 3.8) is 0 Å². The molecule has 2 rings (SSSR count). The van der Waals surface area contributed by atoms with Crippen LogP contribution in [0.1, 0.15) is 58.9 Å². The molecular weight excluding hydrogens is 626 g/mol. The molecule has 0 fully saturated rings. The van der Waals surface area contributed by atoms with Crippen LogP contribution in [0.5, 0.6) is 0 Å². The number of fused-ring (bicyclic) bond motifs is 1. The Bertz CT molecular complexity index is 1490. The zero-order chi connectivity index (χ0) is 36.1. The summed E-state index contributed by atoms with van der Waals surface area (Å²) in [6, 6.07) is 6.15. The number of rotatable bonds is 19. The highest BCUT2D eigenvalue weighted by Gasteiger charge is 2.33. The van der Waals surface area contributed by atoms with Crippen molar-refractivity contribution in [1.29, 1.82) is 0 Å². The maximum atomic E-state index is 13.7. The monoisotopic (exact) mass is 671 g/mol. The molecule has 15 heteroatoms. The van der Waals surface area contributed by atoms with Crippen LogP contribution in [0.25, 0.3) is 10.8 Å². The molecule has 48 heavy (non-hydrogen) atoms. The lowest BCUT2D eigenvalue weighted by atomic mass is 9.98. The van der Waals surface area contributed by atoms with Crippen molar-refractivity contribution in [2.45, 2.75) is 90.0 Å². The molecule has 0 bridgehead atoms. The number of nitrogens with one attached hydrogen (secondary N) is 4. The molecule has 2 aromatic carbocycles. The van der Waals surface area contributed by atoms with Gasteiger partial charge < -0.3 is 42.3 Å². The average molecular weight is 672 g/mol. The van der Waals surface area contributed by atoms with Gasteiger partial charge in [-0.1, -0.05) is 70.2 Å². The smallest absolute Gasteiger partial charge is 0.326 e. The summed E-state index contributed by atoms with van der Waals surface area (Å²) in [7, 11) is 0. The molecule has 2 aromatic rings. The topological polar surface area (TPSA) is 254 Å². The number of nitrogens with two attached hydrogens (primary N) is 1. The third kappa shape index (κ3) is 12.6. The van der Waals surface area contributed by atoms with Gasteiger partial charge in [-0.3, -0.25) is 28.8 Å². The van der Waals surface area contributed by atoms with Crippen LogP contribution in [0, 0.1) is 11.8 Å². The van der Waals surface area contributed by atoms with Crippen LogP contribution in [0.4, 0.5) is 0 Å². The SMILES string of the molecule is CC(C)C[C@H](NC(=O)[C@@H](NC(=O)[C@@H](N)CCC(=O)O)C(C)C)C(=O)N[C@@H](Cc1ccc2ccccc2c1)C(=O)N[C@@H](CC(=O)O)C(=O)O. The summed E-state index contributed by atoms with van der Waals surface area (Å²) in [5, 5.41) is 39.3. The van der Waals surface area contributed by atoms with E-state index in [9.17, 15) is 38.7 Å². The number of hydrogen-bond acceptors (Lipinski definition) is 8. The van der Waals surface area contributed by atoms with Crippen LogP contribution in [0.15, 0.2) is 42.5 Å². The number of carboxylic acids is 3. The number of carbonyl (C=O) groups is 7. The van der Waals surface area contributed by atoms with Crippen molar-refractivity contribution in [2.24, 2.45) is 17.6 Å². The number of carbonyl (C=O) groups excluding carboxylic acids is 4. The van der Waals surface area contributed by atoms with E-state index in [1.807, 2.05) is 30.3 Å². The second-order valence-electron chi connectivity index (χ2n) is 12.4. The molecule has 0 aromatic heterocycles. The van der Waals surface area contributed by atoms with Gasteiger partial charge in [-0.25, -0.2) is 4.79 Å². The molecule has 0 saturated heterocycles. The van der Waals surface area contributed by atoms with Crippen molar-refractivity contribution in [3.8, 4) is 0 Å². The van der Waals surface area contributed by atoms with Crippen molar-refractivity contribution in [3.05, 3.63) is 48.0 Å². The summed E-state index contributed by atoms with van der Waals surface area (Å²) < 4.78 is 0. The first-order chi connectivity index (χ1) is 22.5. The van der Waals surface area contributed by atoms with Crippen LogP contribution in [0.2, 0.25) is 0 Å². The molecule has 5 atom stereocenters. The Kier molecular flexibility index (Phi) is 14.9. The van der Waals surface area contributed by atoms with Crippen molar-refractivity contribution in [1.82, 2.24) is 21.3 Å². The largest absolute Gasteiger partial charge is 0.481 e. The van der Waals surface area contributed by atoms with E-state index in [0.717, 1.165) is 10.8 Å². The quantitative estimate of drug-likeness (QED) is 0.104. The van der Waals surface area contributed by atoms with Crippen LogP contribution >= 0.6 is 0 Å². The number of amides is 4. The average Bonchev–Trinajstić information content (AvgIpc) is 3.00. The van der Waals surface area contributed by atoms with Crippen LogP contribution in [0.3, 0.4) is 0 Å². The number of hydrogen-bond donors (Lipinski definition) is 8. The minimum atomic E-state index is -1.77. The van der Waals surface area contributed by atoms with Crippen molar-refractivity contribution < 1.29 is 48.9 Å². The number of benzene rings is 2. The molecule has 15 nitrogen and oxygen atoms in total. The maximum Gasteiger partial charge on any atom is 0.326 e. The van der Waals surface area contributed by atoms with E-state index in [2.05, 4.69) is 21.3 Å². The van der Waals surface area contributed by atoms with E-state index >= 15 is 0 Å². The molecule has 0 unspecified atom stereocenters. The highest BCUT2D eigenvalue weighted by atomic mass is 16.4. The first-order valence-corrected chi connectivity index (χ1v) is 15.6. The Hall–Kier alpha value is -5.05. The first-order valence-electron chi connectivity index (χ1n) is 15.6. The summed E-state index contributed by atoms with van der Waals surface area (Å²) in [6.45, 7) is 6.92. The molecule has 0 radical (unpaired) electrons. The summed E-state index contributed by atoms with van der Waals surface area (Å²) in [5.41, 5.74) is 6.42. The van der Waals surface area contributed by atoms with Gasteiger partial charge in [0, 0.05) is 12.8 Å². The van der Waals surface area contributed by atoms with E-state index < -0.39 is 84.1 Å². The third-order valence-corrected chi connectivity index (χ3v) is 7.47. The summed E-state index contributed by atoms with van der Waals surface area (Å²) >= 11 is 0. The van der Waals surface area contributed by atoms with Gasteiger partial charge in [0.1, 0.15) is 24.2 Å². The fraction of sp³-hybridized carbons (Fsp3) is 0.485. The zero-order valence-corrected chi connectivity index (χ0v) is 27.4. The summed E-state index contributed by atoms with van der Waals surface area (Å²) in [6.07, 6.45) is -1.37. The fourth-order valence-corrected chi connectivity index (χ4v) is 4.90. The van der Waals surface area contributed by atoms with Crippen LogP contribution in [-0.4, -0.2) is 87.1 Å². The Balaban J connectivity index is 2.34. The van der Waals surface area contributed by atoms with Gasteiger partial charge in [0.2, 0.25) is 23.6 Å². The first kappa shape index (κ1) is 39.1. The second kappa shape index (κ2) is 18.3. The Labute approximate surface area is 278 Å². The minimum absolute atomic E-state index is 0.0942. The fourth-order valence-electron chi connectivity index (χ4n) is 4.90. The summed E-state index contributed by atoms with van der Waals surface area (Å²) in [5.74, 6) is -7.91. The lowest BCUT2D eigenvalue weighted by Crippen LogP contribution is -2.60. The molecular formula is C33H45N5O10. The Morgan fingerprint density at radius 3 is 1.83 bits per heavy atom. The van der Waals surface area contributed by atoms with E-state index in [-0.39, 0.29) is 31.6 Å². The molecule has 9 N–H and O–H groups in total. The molecule has 0 spiro atoms. The molecule has 262 valence electrons. The van der Waals surface area contributed by atoms with Crippen LogP contribution in [-0.2, 0) is 40.0 Å². The van der Waals surface area contributed by atoms with E-state index in [1.165, 1.54) is 0 Å². The molecule has 0 aliphatic heterocycles. The van der Waals surface area contributed by atoms with Crippen molar-refractivity contribution >= 4 is 52.3 Å². The minimum Gasteiger partial charge on any atom is -0.481 e. The lowest BCUT2D eigenvalue weighted by Gasteiger charge is -2.28. The van der Waals surface area contributed by atoms with Gasteiger partial charge in [0.05, 0.1) is 12.5 Å². The predicted molar refractivity (Wildman–Crippen MR) is 174 cm³/mol. The predicted octanol–water partition coefficient (Wildman–Crippen LogP) is 0.775. The van der Waals surface area contributed by atoms with Gasteiger partial charge in [-0.05, 0) is 41.0 Å². The zero-order valence-electron chi connectivity index (χ0n) is 27.4. The highest BCUT2D eigenvalue weighted by Crippen LogP contribution is 2.17. The van der Waals surface area contributed by atoms with Gasteiger partial charge in [0.25, 0.3) is 0 Å². The summed E-state index contributed by atoms with van der Waals surface area (Å²) in [4.78, 5) is 87.0. The van der Waals surface area contributed by atoms with Gasteiger partial charge >= 0.3 is 17.9 Å². The highest BCUT2D eigenvalue weighted by molar-refractivity contribution is 5.96. The van der Waals surface area contributed by atoms with Gasteiger partial charge in [-0.15, -0.1) is 0 Å². The molecule has 4 amide bonds.